The van der Waals surface area contributed by atoms with Gasteiger partial charge in [0.25, 0.3) is 0 Å². The third-order valence-electron chi connectivity index (χ3n) is 5.12. The van der Waals surface area contributed by atoms with Crippen LogP contribution in [0.5, 0.6) is 0 Å². The van der Waals surface area contributed by atoms with Crippen LogP contribution >= 0.6 is 11.6 Å². The molecule has 0 N–H and O–H groups in total. The highest BCUT2D eigenvalue weighted by Gasteiger charge is 2.26. The maximum atomic E-state index is 12.7. The van der Waals surface area contributed by atoms with Gasteiger partial charge in [-0.15, -0.1) is 0 Å². The molecule has 0 aliphatic carbocycles. The van der Waals surface area contributed by atoms with Crippen LogP contribution in [0.3, 0.4) is 0 Å². The summed E-state index contributed by atoms with van der Waals surface area (Å²) in [4.78, 5) is 23.8. The molecule has 0 spiro atoms. The first-order valence-corrected chi connectivity index (χ1v) is 10.3. The van der Waals surface area contributed by atoms with E-state index in [1.54, 1.807) is 0 Å². The minimum absolute atomic E-state index is 0.207. The molecule has 1 fully saturated rings. The number of hydrogen-bond acceptors (Lipinski definition) is 4. The molecule has 1 saturated heterocycles. The van der Waals surface area contributed by atoms with Gasteiger partial charge >= 0.3 is 0 Å². The van der Waals surface area contributed by atoms with E-state index in [0.29, 0.717) is 11.6 Å². The number of benzene rings is 1. The topological polar surface area (TPSA) is 44.6 Å². The molecule has 28 heavy (non-hydrogen) atoms. The fraction of sp³-hybridized carbons (Fsp3) is 0.524. The van der Waals surface area contributed by atoms with Gasteiger partial charge < -0.3 is 9.80 Å². The van der Waals surface area contributed by atoms with Crippen molar-refractivity contribution in [2.75, 3.05) is 37.6 Å². The number of aromatic nitrogens is 2. The molecular weight excluding hydrogens is 374 g/mol. The molecule has 2 aromatic rings. The minimum Gasteiger partial charge on any atom is -0.339 e. The predicted molar refractivity (Wildman–Crippen MR) is 114 cm³/mol. The van der Waals surface area contributed by atoms with Crippen molar-refractivity contribution in [3.63, 3.8) is 0 Å². The van der Waals surface area contributed by atoms with Crippen LogP contribution in [0.2, 0.25) is 5.02 Å². The van der Waals surface area contributed by atoms with Gasteiger partial charge in [0.1, 0.15) is 0 Å². The van der Waals surface area contributed by atoms with Crippen LogP contribution in [-0.2, 0) is 4.79 Å². The van der Waals surface area contributed by atoms with E-state index in [0.717, 1.165) is 37.8 Å². The van der Waals surface area contributed by atoms with Crippen molar-refractivity contribution in [1.82, 2.24) is 19.4 Å². The highest BCUT2D eigenvalue weighted by molar-refractivity contribution is 6.30. The molecule has 0 bridgehead atoms. The first-order valence-electron chi connectivity index (χ1n) is 9.94. The number of amides is 1. The Hall–Kier alpha value is -2.05. The van der Waals surface area contributed by atoms with Crippen LogP contribution in [-0.4, -0.2) is 70.1 Å². The SMILES string of the molecule is CC(C)N(C(=O)CN1CCN(c2nccn2-c2cccc(Cl)c2)CC1)C(C)C. The van der Waals surface area contributed by atoms with Crippen molar-refractivity contribution in [1.29, 1.82) is 0 Å². The fourth-order valence-corrected chi connectivity index (χ4v) is 4.09. The Labute approximate surface area is 172 Å². The Morgan fingerprint density at radius 2 is 1.82 bits per heavy atom. The van der Waals surface area contributed by atoms with Crippen molar-refractivity contribution in [2.24, 2.45) is 0 Å². The molecule has 152 valence electrons. The highest BCUT2D eigenvalue weighted by atomic mass is 35.5. The van der Waals surface area contributed by atoms with Crippen LogP contribution in [0.4, 0.5) is 5.95 Å². The molecule has 0 unspecified atom stereocenters. The lowest BCUT2D eigenvalue weighted by atomic mass is 10.2. The maximum Gasteiger partial charge on any atom is 0.237 e. The minimum atomic E-state index is 0.207. The molecule has 3 rings (SSSR count). The molecule has 0 radical (unpaired) electrons. The molecule has 1 amide bonds. The summed E-state index contributed by atoms with van der Waals surface area (Å²) >= 11 is 6.15. The molecule has 1 aromatic heterocycles. The van der Waals surface area contributed by atoms with Crippen LogP contribution in [0, 0.1) is 0 Å². The van der Waals surface area contributed by atoms with E-state index in [-0.39, 0.29) is 18.0 Å². The quantitative estimate of drug-likeness (QED) is 0.742. The van der Waals surface area contributed by atoms with E-state index in [1.165, 1.54) is 0 Å². The number of hydrogen-bond donors (Lipinski definition) is 0. The van der Waals surface area contributed by atoms with Gasteiger partial charge in [0.15, 0.2) is 0 Å². The highest BCUT2D eigenvalue weighted by Crippen LogP contribution is 2.22. The molecular formula is C21H30ClN5O. The van der Waals surface area contributed by atoms with Crippen molar-refractivity contribution in [3.05, 3.63) is 41.7 Å². The van der Waals surface area contributed by atoms with Crippen LogP contribution in [0.1, 0.15) is 27.7 Å². The van der Waals surface area contributed by atoms with E-state index in [9.17, 15) is 4.79 Å². The summed E-state index contributed by atoms with van der Waals surface area (Å²) in [5.41, 5.74) is 1.00. The summed E-state index contributed by atoms with van der Waals surface area (Å²) in [6.45, 7) is 12.2. The largest absolute Gasteiger partial charge is 0.339 e. The van der Waals surface area contributed by atoms with Gasteiger partial charge in [-0.05, 0) is 45.9 Å². The van der Waals surface area contributed by atoms with E-state index in [4.69, 9.17) is 11.6 Å². The lowest BCUT2D eigenvalue weighted by Gasteiger charge is -2.37. The molecule has 2 heterocycles. The number of anilines is 1. The molecule has 0 atom stereocenters. The Morgan fingerprint density at radius 3 is 2.43 bits per heavy atom. The second-order valence-corrected chi connectivity index (χ2v) is 8.27. The summed E-state index contributed by atoms with van der Waals surface area (Å²) in [7, 11) is 0. The first-order chi connectivity index (χ1) is 13.4. The van der Waals surface area contributed by atoms with Gasteiger partial charge in [-0.2, -0.15) is 0 Å². The lowest BCUT2D eigenvalue weighted by molar-refractivity contribution is -0.136. The fourth-order valence-electron chi connectivity index (χ4n) is 3.91. The number of piperazine rings is 1. The van der Waals surface area contributed by atoms with Gasteiger partial charge in [0.05, 0.1) is 6.54 Å². The van der Waals surface area contributed by atoms with E-state index in [2.05, 4.69) is 47.0 Å². The third-order valence-corrected chi connectivity index (χ3v) is 5.36. The summed E-state index contributed by atoms with van der Waals surface area (Å²) < 4.78 is 2.06. The van der Waals surface area contributed by atoms with E-state index in [1.807, 2.05) is 41.6 Å². The van der Waals surface area contributed by atoms with Crippen molar-refractivity contribution >= 4 is 23.5 Å². The first kappa shape index (κ1) is 20.7. The molecule has 1 aromatic carbocycles. The average Bonchev–Trinajstić information content (AvgIpc) is 3.11. The Kier molecular flexibility index (Phi) is 6.62. The van der Waals surface area contributed by atoms with Gasteiger partial charge in [-0.3, -0.25) is 14.3 Å². The summed E-state index contributed by atoms with van der Waals surface area (Å²) in [6.07, 6.45) is 3.77. The standard InChI is InChI=1S/C21H30ClN5O/c1-16(2)27(17(3)4)20(28)15-24-10-12-25(13-11-24)21-23-8-9-26(21)19-7-5-6-18(22)14-19/h5-9,14,16-17H,10-13,15H2,1-4H3. The smallest absolute Gasteiger partial charge is 0.237 e. The molecule has 0 saturated carbocycles. The van der Waals surface area contributed by atoms with Crippen molar-refractivity contribution in [3.8, 4) is 5.69 Å². The van der Waals surface area contributed by atoms with E-state index < -0.39 is 0 Å². The maximum absolute atomic E-state index is 12.7. The van der Waals surface area contributed by atoms with E-state index >= 15 is 0 Å². The third kappa shape index (κ3) is 4.67. The van der Waals surface area contributed by atoms with Crippen molar-refractivity contribution < 1.29 is 4.79 Å². The van der Waals surface area contributed by atoms with Gasteiger partial charge in [-0.1, -0.05) is 17.7 Å². The molecule has 6 nitrogen and oxygen atoms in total. The van der Waals surface area contributed by atoms with Crippen molar-refractivity contribution in [2.45, 2.75) is 39.8 Å². The number of rotatable bonds is 6. The number of imidazole rings is 1. The monoisotopic (exact) mass is 403 g/mol. The molecule has 1 aliphatic heterocycles. The number of carbonyl (C=O) groups excluding carboxylic acids is 1. The normalized spacial score (nSPS) is 15.5. The number of halogens is 1. The molecule has 7 heteroatoms. The van der Waals surface area contributed by atoms with Crippen LogP contribution in [0.15, 0.2) is 36.7 Å². The Morgan fingerprint density at radius 1 is 1.14 bits per heavy atom. The number of nitrogens with zero attached hydrogens (tertiary/aromatic N) is 5. The van der Waals surface area contributed by atoms with Crippen LogP contribution in [0.25, 0.3) is 5.69 Å². The molecule has 1 aliphatic rings. The zero-order valence-electron chi connectivity index (χ0n) is 17.2. The van der Waals surface area contributed by atoms with Gasteiger partial charge in [0, 0.05) is 61.4 Å². The Bertz CT molecular complexity index is 788. The summed E-state index contributed by atoms with van der Waals surface area (Å²) in [6, 6.07) is 8.22. The average molecular weight is 404 g/mol. The lowest BCUT2D eigenvalue weighted by Crippen LogP contribution is -2.52. The summed E-state index contributed by atoms with van der Waals surface area (Å²) in [5.74, 6) is 1.12. The zero-order valence-corrected chi connectivity index (χ0v) is 17.9. The second kappa shape index (κ2) is 8.97. The van der Waals surface area contributed by atoms with Crippen LogP contribution < -0.4 is 4.90 Å². The van der Waals surface area contributed by atoms with Gasteiger partial charge in [-0.25, -0.2) is 4.98 Å². The zero-order chi connectivity index (χ0) is 20.3. The van der Waals surface area contributed by atoms with Gasteiger partial charge in [0.2, 0.25) is 11.9 Å². The summed E-state index contributed by atoms with van der Waals surface area (Å²) in [5, 5.41) is 0.709. The Balaban J connectivity index is 1.62. The second-order valence-electron chi connectivity index (χ2n) is 7.83. The predicted octanol–water partition coefficient (Wildman–Crippen LogP) is 3.29. The number of carbonyl (C=O) groups is 1.